The van der Waals surface area contributed by atoms with Crippen molar-refractivity contribution in [3.8, 4) is 0 Å². The van der Waals surface area contributed by atoms with Gasteiger partial charge in [0.15, 0.2) is 0 Å². The Kier molecular flexibility index (Phi) is 9.27. The first-order valence-electron chi connectivity index (χ1n) is 11.3. The molecule has 0 radical (unpaired) electrons. The molecule has 37 heavy (non-hydrogen) atoms. The highest BCUT2D eigenvalue weighted by molar-refractivity contribution is 6.31. The molecule has 2 heterocycles. The molecule has 1 aliphatic heterocycles. The Morgan fingerprint density at radius 3 is 2.24 bits per heavy atom. The first-order chi connectivity index (χ1) is 17.3. The Morgan fingerprint density at radius 2 is 1.68 bits per heavy atom. The van der Waals surface area contributed by atoms with Crippen molar-refractivity contribution in [3.63, 3.8) is 0 Å². The largest absolute Gasteiger partial charge is 0.490 e. The number of amides is 1. The quantitative estimate of drug-likeness (QED) is 0.418. The van der Waals surface area contributed by atoms with Gasteiger partial charge in [-0.05, 0) is 62.2 Å². The third kappa shape index (κ3) is 7.73. The fourth-order valence-electron chi connectivity index (χ4n) is 4.17. The van der Waals surface area contributed by atoms with Crippen LogP contribution in [0.4, 0.5) is 13.2 Å². The molecule has 4 rings (SSSR count). The highest BCUT2D eigenvalue weighted by atomic mass is 35.5. The smallest absolute Gasteiger partial charge is 0.475 e. The Hall–Kier alpha value is -3.02. The lowest BCUT2D eigenvalue weighted by Crippen LogP contribution is -2.45. The molecule has 1 fully saturated rings. The van der Waals surface area contributed by atoms with Crippen molar-refractivity contribution in [1.82, 2.24) is 19.8 Å². The number of halogens is 5. The summed E-state index contributed by atoms with van der Waals surface area (Å²) in [6.07, 6.45) is -3.32. The predicted molar refractivity (Wildman–Crippen MR) is 134 cm³/mol. The summed E-state index contributed by atoms with van der Waals surface area (Å²) in [6.45, 7) is 4.52. The van der Waals surface area contributed by atoms with Crippen molar-refractivity contribution in [2.75, 3.05) is 19.6 Å². The summed E-state index contributed by atoms with van der Waals surface area (Å²) in [7, 11) is 0. The van der Waals surface area contributed by atoms with E-state index in [-0.39, 0.29) is 23.7 Å². The SMILES string of the molecule is C[C@@H](CN1CCC(n2c(=O)[nH]c3cc(Cl)ccc32)CC1)NC(=O)c1ccc(Cl)cc1.O=C(O)C(F)(F)F. The average Bonchev–Trinajstić information content (AvgIpc) is 3.14. The van der Waals surface area contributed by atoms with E-state index in [1.807, 2.05) is 23.6 Å². The number of nitrogens with zero attached hydrogens (tertiary/aromatic N) is 2. The van der Waals surface area contributed by atoms with Crippen LogP contribution in [0, 0.1) is 0 Å². The Bertz CT molecular complexity index is 1300. The number of imidazole rings is 1. The highest BCUT2D eigenvalue weighted by Gasteiger charge is 2.38. The molecule has 13 heteroatoms. The summed E-state index contributed by atoms with van der Waals surface area (Å²) >= 11 is 11.9. The van der Waals surface area contributed by atoms with Crippen molar-refractivity contribution in [2.45, 2.75) is 38.0 Å². The van der Waals surface area contributed by atoms with E-state index < -0.39 is 12.1 Å². The van der Waals surface area contributed by atoms with E-state index in [9.17, 15) is 22.8 Å². The van der Waals surface area contributed by atoms with Crippen LogP contribution in [0.2, 0.25) is 10.0 Å². The van der Waals surface area contributed by atoms with E-state index in [1.54, 1.807) is 30.3 Å². The molecule has 1 amide bonds. The van der Waals surface area contributed by atoms with Crippen LogP contribution in [0.25, 0.3) is 11.0 Å². The molecule has 1 saturated heterocycles. The number of carboxylic acids is 1. The lowest BCUT2D eigenvalue weighted by molar-refractivity contribution is -0.192. The third-order valence-electron chi connectivity index (χ3n) is 5.86. The molecule has 0 spiro atoms. The van der Waals surface area contributed by atoms with E-state index in [1.165, 1.54) is 0 Å². The molecule has 8 nitrogen and oxygen atoms in total. The topological polar surface area (TPSA) is 107 Å². The predicted octanol–water partition coefficient (Wildman–Crippen LogP) is 4.73. The summed E-state index contributed by atoms with van der Waals surface area (Å²) in [5, 5.41) is 11.4. The van der Waals surface area contributed by atoms with Crippen molar-refractivity contribution >= 4 is 46.1 Å². The Labute approximate surface area is 220 Å². The number of alkyl halides is 3. The van der Waals surface area contributed by atoms with Gasteiger partial charge in [0.25, 0.3) is 5.91 Å². The number of fused-ring (bicyclic) bond motifs is 1. The monoisotopic (exact) mass is 560 g/mol. The van der Waals surface area contributed by atoms with Crippen molar-refractivity contribution < 1.29 is 27.9 Å². The van der Waals surface area contributed by atoms with Crippen LogP contribution in [0.1, 0.15) is 36.2 Å². The van der Waals surface area contributed by atoms with Gasteiger partial charge in [-0.3, -0.25) is 9.36 Å². The molecule has 0 aliphatic carbocycles. The molecule has 2 aromatic carbocycles. The second-order valence-corrected chi connectivity index (χ2v) is 9.55. The number of rotatable bonds is 5. The zero-order valence-electron chi connectivity index (χ0n) is 19.7. The van der Waals surface area contributed by atoms with E-state index in [2.05, 4.69) is 15.2 Å². The van der Waals surface area contributed by atoms with Gasteiger partial charge in [-0.15, -0.1) is 0 Å². The average molecular weight is 561 g/mol. The van der Waals surface area contributed by atoms with Crippen molar-refractivity contribution in [3.05, 3.63) is 68.6 Å². The number of carboxylic acid groups (broad SMARTS) is 1. The van der Waals surface area contributed by atoms with Crippen LogP contribution in [-0.4, -0.2) is 63.3 Å². The number of hydrogen-bond donors (Lipinski definition) is 3. The second-order valence-electron chi connectivity index (χ2n) is 8.68. The highest BCUT2D eigenvalue weighted by Crippen LogP contribution is 2.26. The molecule has 3 N–H and O–H groups in total. The number of carbonyl (C=O) groups excluding carboxylic acids is 1. The standard InChI is InChI=1S/C22H24Cl2N4O2.C2HF3O2/c1-14(25-21(29)15-2-4-16(23)5-3-15)13-27-10-8-18(9-11-27)28-20-7-6-17(24)12-19(20)26-22(28)30;3-2(4,5)1(6)7/h2-7,12,14,18H,8-11,13H2,1H3,(H,25,29)(H,26,30);(H,6,7)/t14-;/m0./s1. The number of benzene rings is 2. The molecular weight excluding hydrogens is 536 g/mol. The first-order valence-corrected chi connectivity index (χ1v) is 12.1. The summed E-state index contributed by atoms with van der Waals surface area (Å²) in [5.41, 5.74) is 2.18. The fraction of sp³-hybridized carbons (Fsp3) is 0.375. The zero-order valence-corrected chi connectivity index (χ0v) is 21.2. The number of nitrogens with one attached hydrogen (secondary N) is 2. The number of piperidine rings is 1. The number of aromatic amines is 1. The molecule has 0 bridgehead atoms. The Balaban J connectivity index is 0.000000479. The first kappa shape index (κ1) is 28.5. The molecule has 3 aromatic rings. The second kappa shape index (κ2) is 12.0. The number of aliphatic carboxylic acids is 1. The molecule has 0 unspecified atom stereocenters. The summed E-state index contributed by atoms with van der Waals surface area (Å²) in [5.74, 6) is -2.86. The van der Waals surface area contributed by atoms with Crippen molar-refractivity contribution in [2.24, 2.45) is 0 Å². The van der Waals surface area contributed by atoms with Gasteiger partial charge in [-0.25, -0.2) is 9.59 Å². The maximum Gasteiger partial charge on any atom is 0.490 e. The fourth-order valence-corrected chi connectivity index (χ4v) is 4.47. The lowest BCUT2D eigenvalue weighted by Gasteiger charge is -2.34. The maximum absolute atomic E-state index is 12.5. The van der Waals surface area contributed by atoms with Crippen LogP contribution in [0.5, 0.6) is 0 Å². The summed E-state index contributed by atoms with van der Waals surface area (Å²) in [6, 6.07) is 12.5. The van der Waals surface area contributed by atoms with Gasteiger partial charge in [0.05, 0.1) is 11.0 Å². The van der Waals surface area contributed by atoms with Gasteiger partial charge in [-0.1, -0.05) is 23.2 Å². The number of aromatic nitrogens is 2. The van der Waals surface area contributed by atoms with Gasteiger partial charge < -0.3 is 20.3 Å². The van der Waals surface area contributed by atoms with Gasteiger partial charge in [0.2, 0.25) is 0 Å². The third-order valence-corrected chi connectivity index (χ3v) is 6.35. The number of likely N-dealkylation sites (tertiary alicyclic amines) is 1. The van der Waals surface area contributed by atoms with Crippen molar-refractivity contribution in [1.29, 1.82) is 0 Å². The van der Waals surface area contributed by atoms with Gasteiger partial charge in [0.1, 0.15) is 0 Å². The molecule has 0 saturated carbocycles. The van der Waals surface area contributed by atoms with Gasteiger partial charge in [0, 0.05) is 47.3 Å². The van der Waals surface area contributed by atoms with Crippen LogP contribution in [0.15, 0.2) is 47.3 Å². The van der Waals surface area contributed by atoms with Gasteiger partial charge >= 0.3 is 17.8 Å². The number of H-pyrrole nitrogens is 1. The van der Waals surface area contributed by atoms with E-state index >= 15 is 0 Å². The minimum atomic E-state index is -5.08. The normalized spacial score (nSPS) is 15.6. The van der Waals surface area contributed by atoms with Crippen LogP contribution in [0.3, 0.4) is 0 Å². The van der Waals surface area contributed by atoms with Gasteiger partial charge in [-0.2, -0.15) is 13.2 Å². The van der Waals surface area contributed by atoms with Crippen LogP contribution in [-0.2, 0) is 4.79 Å². The van der Waals surface area contributed by atoms with E-state index in [0.717, 1.165) is 43.5 Å². The minimum Gasteiger partial charge on any atom is -0.475 e. The number of carbonyl (C=O) groups is 2. The van der Waals surface area contributed by atoms with Crippen LogP contribution >= 0.6 is 23.2 Å². The lowest BCUT2D eigenvalue weighted by atomic mass is 10.0. The summed E-state index contributed by atoms with van der Waals surface area (Å²) < 4.78 is 33.6. The molecule has 1 aromatic heterocycles. The summed E-state index contributed by atoms with van der Waals surface area (Å²) in [4.78, 5) is 39.0. The molecule has 1 atom stereocenters. The minimum absolute atomic E-state index is 0.0164. The molecular formula is C24H25Cl2F3N4O4. The molecule has 200 valence electrons. The Morgan fingerprint density at radius 1 is 1.11 bits per heavy atom. The molecule has 1 aliphatic rings. The van der Waals surface area contributed by atoms with Crippen LogP contribution < -0.4 is 11.0 Å². The zero-order chi connectivity index (χ0) is 27.3. The van der Waals surface area contributed by atoms with E-state index in [4.69, 9.17) is 33.1 Å². The van der Waals surface area contributed by atoms with E-state index in [0.29, 0.717) is 15.6 Å². The maximum atomic E-state index is 12.5. The number of hydrogen-bond acceptors (Lipinski definition) is 4.